The van der Waals surface area contributed by atoms with E-state index in [2.05, 4.69) is 5.32 Å². The first-order chi connectivity index (χ1) is 7.46. The fourth-order valence-electron chi connectivity index (χ4n) is 1.62. The standard InChI is InChI=1S/C12H25NO3/c1-6-13-12(4,11(14)15-5)8-7-9-16-10(2)3/h10,13H,6-9H2,1-5H3. The second kappa shape index (κ2) is 7.63. The molecule has 0 aromatic carbocycles. The van der Waals surface area contributed by atoms with Crippen molar-refractivity contribution in [3.63, 3.8) is 0 Å². The smallest absolute Gasteiger partial charge is 0.325 e. The first-order valence-electron chi connectivity index (χ1n) is 5.91. The van der Waals surface area contributed by atoms with Crippen LogP contribution >= 0.6 is 0 Å². The molecule has 4 nitrogen and oxygen atoms in total. The molecule has 0 aromatic rings. The van der Waals surface area contributed by atoms with Crippen LogP contribution in [-0.4, -0.2) is 37.9 Å². The summed E-state index contributed by atoms with van der Waals surface area (Å²) in [6, 6.07) is 0. The Morgan fingerprint density at radius 3 is 2.50 bits per heavy atom. The van der Waals surface area contributed by atoms with Crippen LogP contribution in [0.25, 0.3) is 0 Å². The minimum Gasteiger partial charge on any atom is -0.468 e. The summed E-state index contributed by atoms with van der Waals surface area (Å²) in [5.41, 5.74) is -0.593. The molecular formula is C12H25NO3. The van der Waals surface area contributed by atoms with Crippen LogP contribution in [0, 0.1) is 0 Å². The van der Waals surface area contributed by atoms with Crippen molar-refractivity contribution < 1.29 is 14.3 Å². The van der Waals surface area contributed by atoms with E-state index < -0.39 is 5.54 Å². The van der Waals surface area contributed by atoms with Gasteiger partial charge in [0.2, 0.25) is 0 Å². The average Bonchev–Trinajstić information content (AvgIpc) is 2.23. The number of carbonyl (C=O) groups excluding carboxylic acids is 1. The molecule has 1 unspecified atom stereocenters. The largest absolute Gasteiger partial charge is 0.468 e. The highest BCUT2D eigenvalue weighted by Crippen LogP contribution is 2.14. The van der Waals surface area contributed by atoms with Gasteiger partial charge in [-0.3, -0.25) is 4.79 Å². The highest BCUT2D eigenvalue weighted by molar-refractivity contribution is 5.80. The van der Waals surface area contributed by atoms with Gasteiger partial charge in [0.05, 0.1) is 13.2 Å². The molecular weight excluding hydrogens is 206 g/mol. The Bertz CT molecular complexity index is 206. The number of esters is 1. The van der Waals surface area contributed by atoms with Crippen molar-refractivity contribution in [3.8, 4) is 0 Å². The van der Waals surface area contributed by atoms with Gasteiger partial charge in [-0.15, -0.1) is 0 Å². The van der Waals surface area contributed by atoms with Crippen LogP contribution in [0.3, 0.4) is 0 Å². The topological polar surface area (TPSA) is 47.6 Å². The van der Waals surface area contributed by atoms with Gasteiger partial charge < -0.3 is 14.8 Å². The molecule has 0 radical (unpaired) electrons. The predicted molar refractivity (Wildman–Crippen MR) is 64.4 cm³/mol. The van der Waals surface area contributed by atoms with Crippen LogP contribution in [0.1, 0.15) is 40.5 Å². The quantitative estimate of drug-likeness (QED) is 0.510. The number of ether oxygens (including phenoxy) is 2. The van der Waals surface area contributed by atoms with Gasteiger partial charge in [0.15, 0.2) is 0 Å². The molecule has 0 aliphatic carbocycles. The molecule has 0 saturated heterocycles. The number of nitrogens with one attached hydrogen (secondary N) is 1. The SMILES string of the molecule is CCNC(C)(CCCOC(C)C)C(=O)OC. The molecule has 1 N–H and O–H groups in total. The van der Waals surface area contributed by atoms with Gasteiger partial charge in [0.1, 0.15) is 5.54 Å². The summed E-state index contributed by atoms with van der Waals surface area (Å²) in [7, 11) is 1.42. The Kier molecular flexibility index (Phi) is 7.34. The summed E-state index contributed by atoms with van der Waals surface area (Å²) in [6.45, 7) is 9.28. The molecule has 0 bridgehead atoms. The van der Waals surface area contributed by atoms with Crippen molar-refractivity contribution in [2.24, 2.45) is 0 Å². The molecule has 0 aromatic heterocycles. The van der Waals surface area contributed by atoms with E-state index in [9.17, 15) is 4.79 Å². The summed E-state index contributed by atoms with van der Waals surface area (Å²) in [5.74, 6) is -0.209. The normalized spacial score (nSPS) is 14.9. The van der Waals surface area contributed by atoms with Gasteiger partial charge in [0, 0.05) is 6.61 Å². The molecule has 0 saturated carbocycles. The lowest BCUT2D eigenvalue weighted by atomic mass is 9.96. The molecule has 0 aliphatic rings. The third kappa shape index (κ3) is 5.47. The van der Waals surface area contributed by atoms with E-state index >= 15 is 0 Å². The van der Waals surface area contributed by atoms with Gasteiger partial charge >= 0.3 is 5.97 Å². The van der Waals surface area contributed by atoms with Crippen molar-refractivity contribution in [2.75, 3.05) is 20.3 Å². The number of methoxy groups -OCH3 is 1. The molecule has 0 rings (SSSR count). The Morgan fingerprint density at radius 2 is 2.06 bits per heavy atom. The molecule has 0 amide bonds. The lowest BCUT2D eigenvalue weighted by molar-refractivity contribution is -0.148. The zero-order chi connectivity index (χ0) is 12.6. The van der Waals surface area contributed by atoms with Gasteiger partial charge in [-0.25, -0.2) is 0 Å². The lowest BCUT2D eigenvalue weighted by Crippen LogP contribution is -2.50. The lowest BCUT2D eigenvalue weighted by Gasteiger charge is -2.27. The first-order valence-corrected chi connectivity index (χ1v) is 5.91. The molecule has 96 valence electrons. The number of hydrogen-bond donors (Lipinski definition) is 1. The minimum atomic E-state index is -0.593. The van der Waals surface area contributed by atoms with E-state index in [-0.39, 0.29) is 12.1 Å². The molecule has 0 aliphatic heterocycles. The Labute approximate surface area is 98.7 Å². The van der Waals surface area contributed by atoms with Crippen molar-refractivity contribution in [2.45, 2.75) is 52.2 Å². The summed E-state index contributed by atoms with van der Waals surface area (Å²) in [5, 5.41) is 3.17. The van der Waals surface area contributed by atoms with Crippen molar-refractivity contribution in [1.29, 1.82) is 0 Å². The Morgan fingerprint density at radius 1 is 1.44 bits per heavy atom. The summed E-state index contributed by atoms with van der Waals surface area (Å²) in [6.07, 6.45) is 1.81. The Hall–Kier alpha value is -0.610. The maximum atomic E-state index is 11.6. The van der Waals surface area contributed by atoms with Crippen LogP contribution in [0.2, 0.25) is 0 Å². The molecule has 4 heteroatoms. The van der Waals surface area contributed by atoms with E-state index in [0.717, 1.165) is 19.4 Å². The molecule has 0 fully saturated rings. The zero-order valence-electron chi connectivity index (χ0n) is 11.1. The fourth-order valence-corrected chi connectivity index (χ4v) is 1.62. The van der Waals surface area contributed by atoms with E-state index in [1.54, 1.807) is 0 Å². The van der Waals surface area contributed by atoms with Crippen LogP contribution in [0.4, 0.5) is 0 Å². The maximum Gasteiger partial charge on any atom is 0.325 e. The van der Waals surface area contributed by atoms with E-state index in [0.29, 0.717) is 6.61 Å². The average molecular weight is 231 g/mol. The predicted octanol–water partition coefficient (Wildman–Crippen LogP) is 1.73. The van der Waals surface area contributed by atoms with Crippen LogP contribution in [0.15, 0.2) is 0 Å². The van der Waals surface area contributed by atoms with E-state index in [4.69, 9.17) is 9.47 Å². The zero-order valence-corrected chi connectivity index (χ0v) is 11.1. The van der Waals surface area contributed by atoms with Crippen molar-refractivity contribution in [3.05, 3.63) is 0 Å². The van der Waals surface area contributed by atoms with Crippen LogP contribution in [0.5, 0.6) is 0 Å². The second-order valence-corrected chi connectivity index (χ2v) is 4.38. The number of carbonyl (C=O) groups is 1. The molecule has 16 heavy (non-hydrogen) atoms. The Balaban J connectivity index is 4.07. The second-order valence-electron chi connectivity index (χ2n) is 4.38. The van der Waals surface area contributed by atoms with Gasteiger partial charge in [-0.1, -0.05) is 6.92 Å². The van der Waals surface area contributed by atoms with Crippen molar-refractivity contribution >= 4 is 5.97 Å². The van der Waals surface area contributed by atoms with Gasteiger partial charge in [-0.2, -0.15) is 0 Å². The van der Waals surface area contributed by atoms with Crippen LogP contribution < -0.4 is 5.32 Å². The van der Waals surface area contributed by atoms with Gasteiger partial charge in [-0.05, 0) is 40.2 Å². The first kappa shape index (κ1) is 15.4. The number of likely N-dealkylation sites (N-methyl/N-ethyl adjacent to an activating group) is 1. The highest BCUT2D eigenvalue weighted by atomic mass is 16.5. The molecule has 0 spiro atoms. The summed E-state index contributed by atoms with van der Waals surface area (Å²) < 4.78 is 10.3. The monoisotopic (exact) mass is 231 g/mol. The van der Waals surface area contributed by atoms with Crippen molar-refractivity contribution in [1.82, 2.24) is 5.32 Å². The third-order valence-electron chi connectivity index (χ3n) is 2.48. The van der Waals surface area contributed by atoms with E-state index in [1.807, 2.05) is 27.7 Å². The minimum absolute atomic E-state index is 0.209. The number of hydrogen-bond acceptors (Lipinski definition) is 4. The summed E-state index contributed by atoms with van der Waals surface area (Å²) in [4.78, 5) is 11.6. The maximum absolute atomic E-state index is 11.6. The fraction of sp³-hybridized carbons (Fsp3) is 0.917. The highest BCUT2D eigenvalue weighted by Gasteiger charge is 2.32. The van der Waals surface area contributed by atoms with Gasteiger partial charge in [0.25, 0.3) is 0 Å². The number of rotatable bonds is 8. The summed E-state index contributed by atoms with van der Waals surface area (Å²) >= 11 is 0. The molecule has 0 heterocycles. The van der Waals surface area contributed by atoms with E-state index in [1.165, 1.54) is 7.11 Å². The third-order valence-corrected chi connectivity index (χ3v) is 2.48. The van der Waals surface area contributed by atoms with Crippen LogP contribution in [-0.2, 0) is 14.3 Å². The molecule has 1 atom stereocenters.